The van der Waals surface area contributed by atoms with Crippen LogP contribution in [-0.2, 0) is 26.2 Å². The van der Waals surface area contributed by atoms with E-state index in [0.717, 1.165) is 0 Å². The van der Waals surface area contributed by atoms with Crippen LogP contribution in [0.3, 0.4) is 0 Å². The Kier molecular flexibility index (Phi) is 1590. The molecule has 0 aliphatic rings. The topological polar surface area (TPSA) is 66.5 Å². The van der Waals surface area contributed by atoms with Gasteiger partial charge >= 0.3 is 0 Å². The van der Waals surface area contributed by atoms with Gasteiger partial charge < -0.3 is 11.6 Å². The zero-order valence-corrected chi connectivity index (χ0v) is 4.54. The Labute approximate surface area is 43.0 Å². The minimum atomic E-state index is 0. The van der Waals surface area contributed by atoms with Crippen molar-refractivity contribution in [3.05, 3.63) is 0 Å². The first-order valence-electron chi connectivity index (χ1n) is 0. The van der Waals surface area contributed by atoms with Crippen LogP contribution in [0.5, 0.6) is 0 Å². The van der Waals surface area contributed by atoms with Crippen LogP contribution in [0.15, 0.2) is 0 Å². The molecule has 0 aromatic heterocycles. The van der Waals surface area contributed by atoms with Gasteiger partial charge in [-0.2, -0.15) is 0 Å². The summed E-state index contributed by atoms with van der Waals surface area (Å²) in [5.74, 6) is 0. The van der Waals surface area contributed by atoms with Gasteiger partial charge in [0.2, 0.25) is 0 Å². The van der Waals surface area contributed by atoms with Crippen molar-refractivity contribution < 1.29 is 36.4 Å². The molecule has 0 aliphatic carbocycles. The fraction of sp³-hybridized carbons (Fsp3) is 0. The van der Waals surface area contributed by atoms with Crippen molar-refractivity contribution in [3.63, 3.8) is 0 Å². The molecular formula is H5FNOZr. The van der Waals surface area contributed by atoms with Crippen molar-refractivity contribution in [2.75, 3.05) is 0 Å². The Morgan fingerprint density at radius 2 is 1.00 bits per heavy atom. The van der Waals surface area contributed by atoms with Crippen molar-refractivity contribution in [2.24, 2.45) is 0 Å². The molecule has 0 aromatic carbocycles. The van der Waals surface area contributed by atoms with Crippen molar-refractivity contribution in [2.45, 2.75) is 0 Å². The molecule has 0 aromatic rings. The van der Waals surface area contributed by atoms with E-state index >= 15 is 0 Å². The Hall–Kier alpha value is 0.733. The van der Waals surface area contributed by atoms with Crippen LogP contribution in [0.1, 0.15) is 0 Å². The van der Waals surface area contributed by atoms with Crippen LogP contribution in [0.25, 0.3) is 0 Å². The summed E-state index contributed by atoms with van der Waals surface area (Å²) in [6.07, 6.45) is 0. The number of rotatable bonds is 0. The van der Waals surface area contributed by atoms with Crippen LogP contribution in [0.2, 0.25) is 0 Å². The summed E-state index contributed by atoms with van der Waals surface area (Å²) in [6.45, 7) is 0. The van der Waals surface area contributed by atoms with Crippen LogP contribution < -0.4 is 6.15 Å². The van der Waals surface area contributed by atoms with Gasteiger partial charge in [-0.15, -0.1) is 0 Å². The Bertz CT molecular complexity index is 8.00. The fourth-order valence-electron chi connectivity index (χ4n) is 0. The molecule has 5 N–H and O–H groups in total. The summed E-state index contributed by atoms with van der Waals surface area (Å²) in [5.41, 5.74) is 0. The molecular weight excluding hydrogens is 140 g/mol. The second-order valence-electron chi connectivity index (χ2n) is 0. The summed E-state index contributed by atoms with van der Waals surface area (Å²) in [7, 11) is 0. The van der Waals surface area contributed by atoms with Gasteiger partial charge in [0, 0.05) is 30.9 Å². The molecule has 2 nitrogen and oxygen atoms in total. The zero-order valence-electron chi connectivity index (χ0n) is 2.09. The molecule has 4 heteroatoms. The molecule has 0 saturated heterocycles. The Morgan fingerprint density at radius 3 is 1.00 bits per heavy atom. The molecule has 0 rings (SSSR count). The van der Waals surface area contributed by atoms with Gasteiger partial charge in [0.05, 0.1) is 0 Å². The average molecular weight is 145 g/mol. The summed E-state index contributed by atoms with van der Waals surface area (Å²) < 4.78 is 0. The standard InChI is InChI=1S/F.H3N.H2O.Zr/h;1H3;1H2;. The molecule has 0 heterocycles. The molecule has 0 amide bonds. The molecule has 4 heavy (non-hydrogen) atoms. The monoisotopic (exact) mass is 144 g/mol. The van der Waals surface area contributed by atoms with E-state index in [0.29, 0.717) is 0 Å². The summed E-state index contributed by atoms with van der Waals surface area (Å²) in [6, 6.07) is 0. The maximum absolute atomic E-state index is 0. The van der Waals surface area contributed by atoms with Gasteiger partial charge in [0.1, 0.15) is 0 Å². The van der Waals surface area contributed by atoms with E-state index in [2.05, 4.69) is 0 Å². The van der Waals surface area contributed by atoms with E-state index in [4.69, 9.17) is 0 Å². The maximum Gasteiger partial charge on any atom is 0 e. The first kappa shape index (κ1) is 123. The van der Waals surface area contributed by atoms with Gasteiger partial charge in [0.15, 0.2) is 0 Å². The number of halogens is 1. The smallest absolute Gasteiger partial charge is 0 e. The van der Waals surface area contributed by atoms with Crippen LogP contribution >= 0.6 is 0 Å². The van der Waals surface area contributed by atoms with E-state index in [9.17, 15) is 0 Å². The van der Waals surface area contributed by atoms with Gasteiger partial charge in [-0.3, -0.25) is 0 Å². The summed E-state index contributed by atoms with van der Waals surface area (Å²) in [5, 5.41) is 0. The molecule has 0 bridgehead atoms. The molecule has 1 radical (unpaired) electrons. The van der Waals surface area contributed by atoms with E-state index in [1.807, 2.05) is 0 Å². The molecule has 0 aliphatic heterocycles. The van der Waals surface area contributed by atoms with Crippen molar-refractivity contribution >= 4 is 0 Å². The largest absolute Gasteiger partial charge is 0.412 e. The first-order chi connectivity index (χ1) is 0. The van der Waals surface area contributed by atoms with E-state index in [1.165, 1.54) is 0 Å². The normalized spacial score (nSPS) is 0. The van der Waals surface area contributed by atoms with Crippen LogP contribution in [0, 0.1) is 0 Å². The Balaban J connectivity index is 0. The molecule has 0 fully saturated rings. The van der Waals surface area contributed by atoms with E-state index < -0.39 is 0 Å². The first-order valence-corrected chi connectivity index (χ1v) is 0. The molecule has 0 spiro atoms. The van der Waals surface area contributed by atoms with Crippen molar-refractivity contribution in [1.29, 1.82) is 0 Å². The second-order valence-corrected chi connectivity index (χ2v) is 0. The number of hydrogen-bond acceptors (Lipinski definition) is 1. The minimum Gasteiger partial charge on any atom is -0.412 e. The average Bonchev–Trinajstić information content (AvgIpc) is 0. The van der Waals surface area contributed by atoms with Crippen LogP contribution in [0.4, 0.5) is 4.70 Å². The second kappa shape index (κ2) is 51.9. The van der Waals surface area contributed by atoms with Crippen molar-refractivity contribution in [1.82, 2.24) is 6.15 Å². The minimum absolute atomic E-state index is 0. The van der Waals surface area contributed by atoms with E-state index in [-0.39, 0.29) is 42.5 Å². The molecule has 27 valence electrons. The van der Waals surface area contributed by atoms with Gasteiger partial charge in [-0.25, -0.2) is 0 Å². The van der Waals surface area contributed by atoms with E-state index in [1.54, 1.807) is 0 Å². The third kappa shape index (κ3) is 15.3. The zero-order chi connectivity index (χ0) is 0. The third-order valence-electron chi connectivity index (χ3n) is 0. The predicted molar refractivity (Wildman–Crippen MR) is 9.74 cm³/mol. The maximum atomic E-state index is 0. The fourth-order valence-corrected chi connectivity index (χ4v) is 0. The van der Waals surface area contributed by atoms with Crippen LogP contribution in [-0.4, -0.2) is 5.48 Å². The van der Waals surface area contributed by atoms with Gasteiger partial charge in [-0.05, 0) is 0 Å². The third-order valence-corrected chi connectivity index (χ3v) is 0. The molecule has 0 unspecified atom stereocenters. The Morgan fingerprint density at radius 1 is 1.00 bits per heavy atom. The summed E-state index contributed by atoms with van der Waals surface area (Å²) in [4.78, 5) is 0. The quantitative estimate of drug-likeness (QED) is 0.502. The van der Waals surface area contributed by atoms with Crippen molar-refractivity contribution in [3.8, 4) is 0 Å². The predicted octanol–water partition coefficient (Wildman–Crippen LogP) is -0.245. The summed E-state index contributed by atoms with van der Waals surface area (Å²) >= 11 is 0. The number of hydrogen-bond donors (Lipinski definition) is 1. The SMILES string of the molecule is N.O.[F].[Zr]. The van der Waals surface area contributed by atoms with Gasteiger partial charge in [-0.1, -0.05) is 0 Å². The van der Waals surface area contributed by atoms with Gasteiger partial charge in [0.25, 0.3) is 0 Å². The molecule has 0 saturated carbocycles. The molecule has 0 atom stereocenters.